The number of carboxylic acid groups (broad SMARTS) is 1. The van der Waals surface area contributed by atoms with Gasteiger partial charge in [-0.1, -0.05) is 0 Å². The molecule has 1 aromatic carbocycles. The number of rotatable bonds is 6. The monoisotopic (exact) mass is 346 g/mol. The topological polar surface area (TPSA) is 105 Å². The minimum Gasteiger partial charge on any atom is -0.497 e. The maximum Gasteiger partial charge on any atom is 0.304 e. The normalized spacial score (nSPS) is 18.9. The third kappa shape index (κ3) is 2.79. The van der Waals surface area contributed by atoms with Crippen LogP contribution in [-0.2, 0) is 9.59 Å². The van der Waals surface area contributed by atoms with E-state index in [1.54, 1.807) is 18.2 Å². The van der Waals surface area contributed by atoms with Gasteiger partial charge in [-0.05, 0) is 12.1 Å². The molecule has 1 aromatic rings. The quantitative estimate of drug-likeness (QED) is 0.728. The summed E-state index contributed by atoms with van der Waals surface area (Å²) in [6.45, 7) is 0.943. The van der Waals surface area contributed by atoms with Crippen LogP contribution in [0.3, 0.4) is 0 Å². The number of fused-ring (bicyclic) bond motifs is 1. The van der Waals surface area contributed by atoms with Gasteiger partial charge in [0.05, 0.1) is 37.7 Å². The highest BCUT2D eigenvalue weighted by atomic mass is 16.5. The summed E-state index contributed by atoms with van der Waals surface area (Å²) < 4.78 is 10.4. The van der Waals surface area contributed by atoms with Crippen LogP contribution in [0.5, 0.6) is 11.5 Å². The number of carbonyl (C=O) groups excluding carboxylic acids is 2. The zero-order valence-electron chi connectivity index (χ0n) is 13.9. The lowest BCUT2D eigenvalue weighted by molar-refractivity contribution is -0.141. The number of Topliss-reactive ketones (excluding diaryl/α,β-unsaturated/α-hetero) is 1. The number of ether oxygens (including phenoxy) is 2. The van der Waals surface area contributed by atoms with E-state index in [2.05, 4.69) is 5.32 Å². The molecule has 0 spiro atoms. The van der Waals surface area contributed by atoms with Crippen LogP contribution in [0.25, 0.3) is 0 Å². The fourth-order valence-electron chi connectivity index (χ4n) is 3.19. The molecule has 25 heavy (non-hydrogen) atoms. The predicted molar refractivity (Wildman–Crippen MR) is 86.4 cm³/mol. The molecule has 0 aromatic heterocycles. The van der Waals surface area contributed by atoms with Crippen molar-refractivity contribution in [3.05, 3.63) is 35.2 Å². The number of carbonyl (C=O) groups is 3. The Morgan fingerprint density at radius 3 is 2.72 bits per heavy atom. The van der Waals surface area contributed by atoms with Gasteiger partial charge in [-0.25, -0.2) is 0 Å². The molecule has 2 aliphatic rings. The second kappa shape index (κ2) is 6.46. The Hall–Kier alpha value is -3.03. The molecule has 1 saturated heterocycles. The maximum atomic E-state index is 13.1. The summed E-state index contributed by atoms with van der Waals surface area (Å²) in [4.78, 5) is 38.2. The number of methoxy groups -OCH3 is 2. The van der Waals surface area contributed by atoms with Crippen molar-refractivity contribution in [1.82, 2.24) is 10.2 Å². The van der Waals surface area contributed by atoms with Crippen molar-refractivity contribution in [1.29, 1.82) is 0 Å². The van der Waals surface area contributed by atoms with E-state index in [9.17, 15) is 14.4 Å². The summed E-state index contributed by atoms with van der Waals surface area (Å²) in [7, 11) is 2.93. The van der Waals surface area contributed by atoms with Gasteiger partial charge in [0.2, 0.25) is 5.91 Å². The molecule has 0 saturated carbocycles. The fourth-order valence-corrected chi connectivity index (χ4v) is 3.19. The van der Waals surface area contributed by atoms with Crippen molar-refractivity contribution >= 4 is 17.7 Å². The molecule has 2 aliphatic heterocycles. The summed E-state index contributed by atoms with van der Waals surface area (Å²) in [5.74, 6) is -1.69. The highest BCUT2D eigenvalue weighted by molar-refractivity contribution is 6.16. The number of nitrogens with zero attached hydrogens (tertiary/aromatic N) is 1. The van der Waals surface area contributed by atoms with E-state index in [0.29, 0.717) is 30.4 Å². The Labute approximate surface area is 144 Å². The van der Waals surface area contributed by atoms with Gasteiger partial charge in [0.15, 0.2) is 5.78 Å². The van der Waals surface area contributed by atoms with Crippen LogP contribution in [0.15, 0.2) is 29.6 Å². The summed E-state index contributed by atoms with van der Waals surface area (Å²) in [6, 6.07) is 4.73. The lowest BCUT2D eigenvalue weighted by Crippen LogP contribution is -2.29. The molecule has 8 nitrogen and oxygen atoms in total. The molecular weight excluding hydrogens is 328 g/mol. The summed E-state index contributed by atoms with van der Waals surface area (Å²) >= 11 is 0. The molecule has 8 heteroatoms. The largest absolute Gasteiger partial charge is 0.497 e. The first-order chi connectivity index (χ1) is 12.0. The van der Waals surface area contributed by atoms with Crippen LogP contribution < -0.4 is 14.8 Å². The third-order valence-electron chi connectivity index (χ3n) is 4.34. The minimum atomic E-state index is -1.13. The third-order valence-corrected chi connectivity index (χ3v) is 4.34. The predicted octanol–water partition coefficient (Wildman–Crippen LogP) is 0.634. The van der Waals surface area contributed by atoms with Gasteiger partial charge >= 0.3 is 5.97 Å². The SMILES string of the molecule is COc1ccc(C(=O)C2=C3NCCN3C(=O)C2CC(=O)O)c(OC)c1. The number of amides is 1. The Morgan fingerprint density at radius 1 is 1.32 bits per heavy atom. The van der Waals surface area contributed by atoms with Crippen LogP contribution in [0, 0.1) is 5.92 Å². The molecular formula is C17H18N2O6. The van der Waals surface area contributed by atoms with Gasteiger partial charge in [-0.2, -0.15) is 0 Å². The first-order valence-electron chi connectivity index (χ1n) is 7.75. The minimum absolute atomic E-state index is 0.174. The van der Waals surface area contributed by atoms with E-state index in [1.807, 2.05) is 0 Å². The molecule has 0 aliphatic carbocycles. The maximum absolute atomic E-state index is 13.1. The molecule has 3 rings (SSSR count). The Bertz CT molecular complexity index is 785. The van der Waals surface area contributed by atoms with Crippen molar-refractivity contribution < 1.29 is 29.0 Å². The number of benzene rings is 1. The average molecular weight is 346 g/mol. The van der Waals surface area contributed by atoms with Gasteiger partial charge in [0, 0.05) is 19.2 Å². The molecule has 1 unspecified atom stereocenters. The molecule has 1 fully saturated rings. The van der Waals surface area contributed by atoms with Crippen LogP contribution in [0.4, 0.5) is 0 Å². The van der Waals surface area contributed by atoms with E-state index in [-0.39, 0.29) is 17.0 Å². The summed E-state index contributed by atoms with van der Waals surface area (Å²) in [5, 5.41) is 12.1. The number of nitrogens with one attached hydrogen (secondary N) is 1. The van der Waals surface area contributed by atoms with Crippen molar-refractivity contribution in [2.75, 3.05) is 27.3 Å². The number of aliphatic carboxylic acids is 1. The molecule has 1 atom stereocenters. The zero-order chi connectivity index (χ0) is 18.1. The fraction of sp³-hybridized carbons (Fsp3) is 0.353. The number of carboxylic acids is 1. The van der Waals surface area contributed by atoms with Gasteiger partial charge in [-0.15, -0.1) is 0 Å². The summed E-state index contributed by atoms with van der Waals surface area (Å²) in [6.07, 6.45) is -0.430. The van der Waals surface area contributed by atoms with Crippen molar-refractivity contribution in [3.8, 4) is 11.5 Å². The molecule has 2 N–H and O–H groups in total. The van der Waals surface area contributed by atoms with Crippen LogP contribution in [-0.4, -0.2) is 55.0 Å². The molecule has 0 bridgehead atoms. The van der Waals surface area contributed by atoms with Crippen molar-refractivity contribution in [3.63, 3.8) is 0 Å². The number of ketones is 1. The van der Waals surface area contributed by atoms with E-state index >= 15 is 0 Å². The van der Waals surface area contributed by atoms with Crippen molar-refractivity contribution in [2.45, 2.75) is 6.42 Å². The van der Waals surface area contributed by atoms with E-state index < -0.39 is 24.1 Å². The Morgan fingerprint density at radius 2 is 2.08 bits per heavy atom. The second-order valence-corrected chi connectivity index (χ2v) is 5.72. The van der Waals surface area contributed by atoms with Crippen LogP contribution >= 0.6 is 0 Å². The zero-order valence-corrected chi connectivity index (χ0v) is 13.9. The van der Waals surface area contributed by atoms with Crippen molar-refractivity contribution in [2.24, 2.45) is 5.92 Å². The highest BCUT2D eigenvalue weighted by Gasteiger charge is 2.46. The average Bonchev–Trinajstić information content (AvgIpc) is 3.16. The van der Waals surface area contributed by atoms with E-state index in [1.165, 1.54) is 19.1 Å². The lowest BCUT2D eigenvalue weighted by Gasteiger charge is -2.14. The van der Waals surface area contributed by atoms with Gasteiger partial charge in [-0.3, -0.25) is 19.3 Å². The molecule has 0 radical (unpaired) electrons. The number of hydrogen-bond acceptors (Lipinski definition) is 6. The van der Waals surface area contributed by atoms with Crippen LogP contribution in [0.2, 0.25) is 0 Å². The summed E-state index contributed by atoms with van der Waals surface area (Å²) in [5.41, 5.74) is 0.429. The smallest absolute Gasteiger partial charge is 0.304 e. The van der Waals surface area contributed by atoms with Crippen LogP contribution in [0.1, 0.15) is 16.8 Å². The second-order valence-electron chi connectivity index (χ2n) is 5.72. The Kier molecular flexibility index (Phi) is 4.35. The van der Waals surface area contributed by atoms with E-state index in [4.69, 9.17) is 14.6 Å². The Balaban J connectivity index is 2.06. The van der Waals surface area contributed by atoms with Gasteiger partial charge in [0.1, 0.15) is 17.3 Å². The van der Waals surface area contributed by atoms with Gasteiger partial charge < -0.3 is 19.9 Å². The molecule has 1 amide bonds. The molecule has 2 heterocycles. The van der Waals surface area contributed by atoms with E-state index in [0.717, 1.165) is 0 Å². The highest BCUT2D eigenvalue weighted by Crippen LogP contribution is 2.37. The first-order valence-corrected chi connectivity index (χ1v) is 7.75. The lowest BCUT2D eigenvalue weighted by atomic mass is 9.90. The first kappa shape index (κ1) is 16.8. The molecule has 132 valence electrons. The van der Waals surface area contributed by atoms with Gasteiger partial charge in [0.25, 0.3) is 0 Å². The number of hydrogen-bond donors (Lipinski definition) is 2. The standard InChI is InChI=1S/C17H18N2O6/c1-24-9-3-4-10(12(7-9)25-2)15(22)14-11(8-13(20)21)17(23)19-6-5-18-16(14)19/h3-4,7,11,18H,5-6,8H2,1-2H3,(H,20,21).